The molecule has 1 atom stereocenters. The average Bonchev–Trinajstić information content (AvgIpc) is 2.43. The van der Waals surface area contributed by atoms with Gasteiger partial charge in [0.05, 0.1) is 0 Å². The largest absolute Gasteiger partial charge is 0.329 e. The predicted molar refractivity (Wildman–Crippen MR) is 93.3 cm³/mol. The Morgan fingerprint density at radius 3 is 2.52 bits per heavy atom. The smallest absolute Gasteiger partial charge is 0.0471 e. The minimum atomic E-state index is 0.234. The standard InChI is InChI=1S/C18H23BrN2/c1-13-5-4-6-15(9-13)12-21(3)18(11-20)16-7-8-17(19)14(2)10-16/h4-10,18H,11-12,20H2,1-3H3. The molecular formula is C18H23BrN2. The van der Waals surface area contributed by atoms with Crippen LogP contribution >= 0.6 is 15.9 Å². The van der Waals surface area contributed by atoms with Crippen LogP contribution in [0.4, 0.5) is 0 Å². The van der Waals surface area contributed by atoms with Crippen LogP contribution in [0.15, 0.2) is 46.9 Å². The summed E-state index contributed by atoms with van der Waals surface area (Å²) < 4.78 is 1.14. The molecule has 0 aliphatic carbocycles. The number of benzene rings is 2. The third kappa shape index (κ3) is 4.16. The van der Waals surface area contributed by atoms with Crippen molar-refractivity contribution in [3.63, 3.8) is 0 Å². The molecule has 3 heteroatoms. The van der Waals surface area contributed by atoms with Gasteiger partial charge in [-0.25, -0.2) is 0 Å². The molecule has 0 radical (unpaired) electrons. The van der Waals surface area contributed by atoms with Crippen LogP contribution in [-0.2, 0) is 6.54 Å². The van der Waals surface area contributed by atoms with E-state index in [4.69, 9.17) is 5.73 Å². The molecule has 2 aromatic carbocycles. The molecule has 1 unspecified atom stereocenters. The Kier molecular flexibility index (Phi) is 5.57. The van der Waals surface area contributed by atoms with Crippen molar-refractivity contribution in [3.05, 3.63) is 69.2 Å². The first-order chi connectivity index (χ1) is 10.0. The number of halogens is 1. The summed E-state index contributed by atoms with van der Waals surface area (Å²) in [6.45, 7) is 5.76. The van der Waals surface area contributed by atoms with E-state index in [1.165, 1.54) is 22.3 Å². The van der Waals surface area contributed by atoms with Crippen LogP contribution in [0.5, 0.6) is 0 Å². The molecule has 0 spiro atoms. The van der Waals surface area contributed by atoms with Crippen LogP contribution in [0.25, 0.3) is 0 Å². The maximum absolute atomic E-state index is 6.02. The molecule has 0 aliphatic heterocycles. The van der Waals surface area contributed by atoms with Gasteiger partial charge in [0.1, 0.15) is 0 Å². The fourth-order valence-electron chi connectivity index (χ4n) is 2.65. The van der Waals surface area contributed by atoms with E-state index in [1.54, 1.807) is 0 Å². The van der Waals surface area contributed by atoms with Crippen molar-refractivity contribution in [1.29, 1.82) is 0 Å². The second-order valence-corrected chi connectivity index (χ2v) is 6.52. The van der Waals surface area contributed by atoms with E-state index < -0.39 is 0 Å². The SMILES string of the molecule is Cc1cccc(CN(C)C(CN)c2ccc(Br)c(C)c2)c1. The van der Waals surface area contributed by atoms with Crippen molar-refractivity contribution in [2.45, 2.75) is 26.4 Å². The summed E-state index contributed by atoms with van der Waals surface area (Å²) in [5.41, 5.74) is 11.2. The molecule has 21 heavy (non-hydrogen) atoms. The highest BCUT2D eigenvalue weighted by molar-refractivity contribution is 9.10. The lowest BCUT2D eigenvalue weighted by Crippen LogP contribution is -2.30. The summed E-state index contributed by atoms with van der Waals surface area (Å²) in [4.78, 5) is 2.32. The van der Waals surface area contributed by atoms with Crippen LogP contribution in [-0.4, -0.2) is 18.5 Å². The summed E-state index contributed by atoms with van der Waals surface area (Å²) in [5, 5.41) is 0. The molecule has 0 fully saturated rings. The van der Waals surface area contributed by atoms with Crippen molar-refractivity contribution < 1.29 is 0 Å². The van der Waals surface area contributed by atoms with E-state index >= 15 is 0 Å². The molecule has 2 N–H and O–H groups in total. The second kappa shape index (κ2) is 7.21. The van der Waals surface area contributed by atoms with Crippen LogP contribution in [0.2, 0.25) is 0 Å². The molecular weight excluding hydrogens is 324 g/mol. The minimum absolute atomic E-state index is 0.234. The number of nitrogens with two attached hydrogens (primary N) is 1. The molecule has 2 nitrogen and oxygen atoms in total. The number of nitrogens with zero attached hydrogens (tertiary/aromatic N) is 1. The molecule has 0 aliphatic rings. The Morgan fingerprint density at radius 1 is 1.14 bits per heavy atom. The lowest BCUT2D eigenvalue weighted by atomic mass is 10.0. The molecule has 0 saturated heterocycles. The number of hydrogen-bond acceptors (Lipinski definition) is 2. The van der Waals surface area contributed by atoms with E-state index in [1.807, 2.05) is 0 Å². The van der Waals surface area contributed by atoms with Crippen molar-refractivity contribution in [3.8, 4) is 0 Å². The van der Waals surface area contributed by atoms with Crippen LogP contribution in [0, 0.1) is 13.8 Å². The lowest BCUT2D eigenvalue weighted by molar-refractivity contribution is 0.241. The molecule has 2 rings (SSSR count). The quantitative estimate of drug-likeness (QED) is 0.878. The van der Waals surface area contributed by atoms with Gasteiger partial charge in [-0.05, 0) is 43.7 Å². The van der Waals surface area contributed by atoms with E-state index in [-0.39, 0.29) is 6.04 Å². The first-order valence-corrected chi connectivity index (χ1v) is 8.02. The zero-order valence-corrected chi connectivity index (χ0v) is 14.5. The molecule has 2 aromatic rings. The highest BCUT2D eigenvalue weighted by Crippen LogP contribution is 2.25. The minimum Gasteiger partial charge on any atom is -0.329 e. The monoisotopic (exact) mass is 346 g/mol. The number of likely N-dealkylation sites (N-methyl/N-ethyl adjacent to an activating group) is 1. The Morgan fingerprint density at radius 2 is 1.90 bits per heavy atom. The Balaban J connectivity index is 2.18. The van der Waals surface area contributed by atoms with Crippen LogP contribution < -0.4 is 5.73 Å². The Bertz CT molecular complexity index is 610. The van der Waals surface area contributed by atoms with Gasteiger partial charge in [0, 0.05) is 23.6 Å². The van der Waals surface area contributed by atoms with Crippen molar-refractivity contribution in [2.24, 2.45) is 5.73 Å². The zero-order valence-electron chi connectivity index (χ0n) is 12.9. The van der Waals surface area contributed by atoms with Gasteiger partial charge >= 0.3 is 0 Å². The highest BCUT2D eigenvalue weighted by Gasteiger charge is 2.16. The normalized spacial score (nSPS) is 12.7. The van der Waals surface area contributed by atoms with Crippen LogP contribution in [0.3, 0.4) is 0 Å². The van der Waals surface area contributed by atoms with Gasteiger partial charge in [-0.2, -0.15) is 0 Å². The van der Waals surface area contributed by atoms with E-state index in [0.717, 1.165) is 11.0 Å². The number of hydrogen-bond donors (Lipinski definition) is 1. The van der Waals surface area contributed by atoms with Crippen molar-refractivity contribution in [1.82, 2.24) is 4.90 Å². The van der Waals surface area contributed by atoms with Crippen molar-refractivity contribution in [2.75, 3.05) is 13.6 Å². The van der Waals surface area contributed by atoms with Crippen LogP contribution in [0.1, 0.15) is 28.3 Å². The van der Waals surface area contributed by atoms with E-state index in [0.29, 0.717) is 6.54 Å². The van der Waals surface area contributed by atoms with Gasteiger partial charge in [-0.1, -0.05) is 57.9 Å². The molecule has 0 amide bonds. The lowest BCUT2D eigenvalue weighted by Gasteiger charge is -2.28. The van der Waals surface area contributed by atoms with E-state index in [9.17, 15) is 0 Å². The summed E-state index contributed by atoms with van der Waals surface area (Å²) in [6, 6.07) is 15.4. The van der Waals surface area contributed by atoms with Gasteiger partial charge in [-0.3, -0.25) is 4.90 Å². The average molecular weight is 347 g/mol. The first-order valence-electron chi connectivity index (χ1n) is 7.23. The highest BCUT2D eigenvalue weighted by atomic mass is 79.9. The Hall–Kier alpha value is -1.16. The summed E-state index contributed by atoms with van der Waals surface area (Å²) in [6.07, 6.45) is 0. The molecule has 112 valence electrons. The number of aryl methyl sites for hydroxylation is 2. The molecule has 0 saturated carbocycles. The van der Waals surface area contributed by atoms with Gasteiger partial charge in [0.2, 0.25) is 0 Å². The summed E-state index contributed by atoms with van der Waals surface area (Å²) in [5.74, 6) is 0. The van der Waals surface area contributed by atoms with Gasteiger partial charge in [0.15, 0.2) is 0 Å². The third-order valence-corrected chi connectivity index (χ3v) is 4.73. The summed E-state index contributed by atoms with van der Waals surface area (Å²) in [7, 11) is 2.14. The Labute approximate surface area is 136 Å². The third-order valence-electron chi connectivity index (χ3n) is 3.84. The fourth-order valence-corrected chi connectivity index (χ4v) is 2.90. The first kappa shape index (κ1) is 16.2. The second-order valence-electron chi connectivity index (χ2n) is 5.66. The molecule has 0 bridgehead atoms. The zero-order chi connectivity index (χ0) is 15.4. The number of rotatable bonds is 5. The summed E-state index contributed by atoms with van der Waals surface area (Å²) >= 11 is 3.55. The topological polar surface area (TPSA) is 29.3 Å². The van der Waals surface area contributed by atoms with E-state index in [2.05, 4.69) is 84.2 Å². The maximum atomic E-state index is 6.02. The van der Waals surface area contributed by atoms with Gasteiger partial charge < -0.3 is 5.73 Å². The van der Waals surface area contributed by atoms with Gasteiger partial charge in [-0.15, -0.1) is 0 Å². The molecule has 0 heterocycles. The molecule has 0 aromatic heterocycles. The van der Waals surface area contributed by atoms with Gasteiger partial charge in [0.25, 0.3) is 0 Å². The maximum Gasteiger partial charge on any atom is 0.0471 e. The van der Waals surface area contributed by atoms with Crippen molar-refractivity contribution >= 4 is 15.9 Å². The fraction of sp³-hybridized carbons (Fsp3) is 0.333. The predicted octanol–water partition coefficient (Wildman–Crippen LogP) is 4.20.